The molecule has 0 aromatic carbocycles. The van der Waals surface area contributed by atoms with Crippen molar-refractivity contribution in [2.45, 2.75) is 39.5 Å². The number of allylic oxidation sites excluding steroid dienone is 5. The molecule has 1 aliphatic rings. The van der Waals surface area contributed by atoms with Gasteiger partial charge in [0.15, 0.2) is 0 Å². The molecule has 0 aliphatic heterocycles. The predicted molar refractivity (Wildman–Crippen MR) is 61.8 cm³/mol. The van der Waals surface area contributed by atoms with E-state index in [1.165, 1.54) is 25.7 Å². The normalized spacial score (nSPS) is 17.7. The Morgan fingerprint density at radius 1 is 1.08 bits per heavy atom. The molecule has 1 saturated carbocycles. The Morgan fingerprint density at radius 2 is 1.69 bits per heavy atom. The zero-order valence-electron chi connectivity index (χ0n) is 9.00. The van der Waals surface area contributed by atoms with Gasteiger partial charge in [-0.05, 0) is 12.8 Å². The van der Waals surface area contributed by atoms with Gasteiger partial charge in [-0.25, -0.2) is 0 Å². The quantitative estimate of drug-likeness (QED) is 0.546. The van der Waals surface area contributed by atoms with Gasteiger partial charge in [0.2, 0.25) is 0 Å². The first-order valence-electron chi connectivity index (χ1n) is 5.21. The molecule has 0 saturated heterocycles. The Kier molecular flexibility index (Phi) is 8.75. The molecule has 0 spiro atoms. The summed E-state index contributed by atoms with van der Waals surface area (Å²) >= 11 is 0. The fraction of sp³-hybridized carbons (Fsp3) is 0.538. The second-order valence-electron chi connectivity index (χ2n) is 3.54. The molecule has 0 amide bonds. The summed E-state index contributed by atoms with van der Waals surface area (Å²) in [6.07, 6.45) is 15.5. The highest BCUT2D eigenvalue weighted by atomic mass is 14.1. The molecule has 1 rings (SSSR count). The topological polar surface area (TPSA) is 0 Å². The summed E-state index contributed by atoms with van der Waals surface area (Å²) < 4.78 is 0. The second-order valence-corrected chi connectivity index (χ2v) is 3.54. The van der Waals surface area contributed by atoms with Gasteiger partial charge in [-0.1, -0.05) is 69.6 Å². The van der Waals surface area contributed by atoms with Crippen LogP contribution in [0, 0.1) is 5.92 Å². The molecule has 0 radical (unpaired) electrons. The Morgan fingerprint density at radius 3 is 2.00 bits per heavy atom. The minimum absolute atomic E-state index is 1.05. The van der Waals surface area contributed by atoms with Crippen LogP contribution in [-0.4, -0.2) is 0 Å². The van der Waals surface area contributed by atoms with E-state index in [1.54, 1.807) is 6.08 Å². The maximum atomic E-state index is 3.51. The van der Waals surface area contributed by atoms with Gasteiger partial charge in [0, 0.05) is 0 Å². The third-order valence-electron chi connectivity index (χ3n) is 2.19. The lowest BCUT2D eigenvalue weighted by molar-refractivity contribution is 0.612. The van der Waals surface area contributed by atoms with Crippen molar-refractivity contribution in [3.05, 3.63) is 37.0 Å². The summed E-state index contributed by atoms with van der Waals surface area (Å²) in [5, 5.41) is 0. The van der Waals surface area contributed by atoms with Gasteiger partial charge in [-0.15, -0.1) is 0 Å². The smallest absolute Gasteiger partial charge is 0.0443 e. The van der Waals surface area contributed by atoms with Crippen LogP contribution < -0.4 is 0 Å². The molecular formula is C13H22. The highest BCUT2D eigenvalue weighted by Crippen LogP contribution is 2.22. The monoisotopic (exact) mass is 178 g/mol. The molecule has 74 valence electrons. The third-order valence-corrected chi connectivity index (χ3v) is 2.19. The van der Waals surface area contributed by atoms with Gasteiger partial charge in [0.05, 0.1) is 0 Å². The third kappa shape index (κ3) is 9.13. The molecule has 13 heavy (non-hydrogen) atoms. The summed E-state index contributed by atoms with van der Waals surface area (Å²) in [4.78, 5) is 0. The first-order valence-corrected chi connectivity index (χ1v) is 5.21. The summed E-state index contributed by atoms with van der Waals surface area (Å²) in [5.74, 6) is 1.05. The molecule has 0 nitrogen and oxygen atoms in total. The fourth-order valence-corrected chi connectivity index (χ4v) is 1.38. The molecule has 0 bridgehead atoms. The molecule has 0 N–H and O–H groups in total. The first kappa shape index (κ1) is 12.2. The van der Waals surface area contributed by atoms with E-state index in [4.69, 9.17) is 0 Å². The van der Waals surface area contributed by atoms with E-state index < -0.39 is 0 Å². The molecular weight excluding hydrogens is 156 g/mol. The minimum atomic E-state index is 1.05. The molecule has 0 aromatic rings. The Hall–Kier alpha value is -0.780. The van der Waals surface area contributed by atoms with Crippen LogP contribution >= 0.6 is 0 Å². The fourth-order valence-electron chi connectivity index (χ4n) is 1.38. The van der Waals surface area contributed by atoms with E-state index >= 15 is 0 Å². The summed E-state index contributed by atoms with van der Waals surface area (Å²) in [5.41, 5.74) is 0. The number of hydrogen-bond donors (Lipinski definition) is 0. The Labute approximate surface area is 83.0 Å². The van der Waals surface area contributed by atoms with Gasteiger partial charge < -0.3 is 0 Å². The van der Waals surface area contributed by atoms with Crippen molar-refractivity contribution in [2.75, 3.05) is 0 Å². The van der Waals surface area contributed by atoms with E-state index in [0.717, 1.165) is 5.92 Å². The van der Waals surface area contributed by atoms with Crippen molar-refractivity contribution in [3.8, 4) is 0 Å². The number of rotatable bonds is 2. The van der Waals surface area contributed by atoms with Crippen molar-refractivity contribution in [1.82, 2.24) is 0 Å². The average molecular weight is 178 g/mol. The summed E-state index contributed by atoms with van der Waals surface area (Å²) in [6, 6.07) is 0. The van der Waals surface area contributed by atoms with Crippen LogP contribution in [0.15, 0.2) is 37.0 Å². The van der Waals surface area contributed by atoms with Gasteiger partial charge >= 0.3 is 0 Å². The van der Waals surface area contributed by atoms with E-state index in [9.17, 15) is 0 Å². The molecule has 1 aliphatic carbocycles. The van der Waals surface area contributed by atoms with Crippen LogP contribution in [0.25, 0.3) is 0 Å². The van der Waals surface area contributed by atoms with Crippen LogP contribution in [0.3, 0.4) is 0 Å². The largest absolute Gasteiger partial charge is 0.0991 e. The Bertz CT molecular complexity index is 157. The van der Waals surface area contributed by atoms with E-state index in [-0.39, 0.29) is 0 Å². The van der Waals surface area contributed by atoms with Crippen molar-refractivity contribution in [1.29, 1.82) is 0 Å². The summed E-state index contributed by atoms with van der Waals surface area (Å²) in [7, 11) is 0. The first-order chi connectivity index (χ1) is 6.31. The van der Waals surface area contributed by atoms with Crippen LogP contribution in [0.2, 0.25) is 0 Å². The summed E-state index contributed by atoms with van der Waals surface area (Å²) in [6.45, 7) is 7.83. The lowest BCUT2D eigenvalue weighted by Crippen LogP contribution is -1.78. The van der Waals surface area contributed by atoms with Crippen molar-refractivity contribution >= 4 is 0 Å². The van der Waals surface area contributed by atoms with Gasteiger partial charge in [-0.3, -0.25) is 0 Å². The second kappa shape index (κ2) is 9.31. The minimum Gasteiger partial charge on any atom is -0.0991 e. The van der Waals surface area contributed by atoms with Crippen LogP contribution in [0.5, 0.6) is 0 Å². The molecule has 0 aromatic heterocycles. The molecule has 0 heteroatoms. The van der Waals surface area contributed by atoms with Crippen molar-refractivity contribution < 1.29 is 0 Å². The number of hydrogen-bond acceptors (Lipinski definition) is 0. The molecule has 0 heterocycles. The van der Waals surface area contributed by atoms with Gasteiger partial charge in [-0.2, -0.15) is 0 Å². The average Bonchev–Trinajstić information content (AvgIpc) is 2.58. The zero-order valence-corrected chi connectivity index (χ0v) is 9.00. The molecule has 0 atom stereocenters. The van der Waals surface area contributed by atoms with Gasteiger partial charge in [0.1, 0.15) is 0 Å². The van der Waals surface area contributed by atoms with Gasteiger partial charge in [0.25, 0.3) is 0 Å². The van der Waals surface area contributed by atoms with Crippen LogP contribution in [-0.2, 0) is 0 Å². The highest BCUT2D eigenvalue weighted by molar-refractivity contribution is 5.07. The van der Waals surface area contributed by atoms with Crippen LogP contribution in [0.4, 0.5) is 0 Å². The highest BCUT2D eigenvalue weighted by Gasteiger charge is 2.07. The maximum absolute atomic E-state index is 3.51. The molecule has 1 fully saturated rings. The lowest BCUT2D eigenvalue weighted by atomic mass is 10.2. The van der Waals surface area contributed by atoms with Crippen molar-refractivity contribution in [2.24, 2.45) is 5.92 Å². The molecule has 0 unspecified atom stereocenters. The Balaban J connectivity index is 0.000000223. The standard InChI is InChI=1S/C7H10.C6H12/c1-3-5-7-6-4-2;1-6-4-2-3-5-6/h3-7H,1H2,2H3;6H,2-5H2,1H3/b6-4-,7-5-;. The van der Waals surface area contributed by atoms with Crippen molar-refractivity contribution in [3.63, 3.8) is 0 Å². The van der Waals surface area contributed by atoms with Crippen LogP contribution in [0.1, 0.15) is 39.5 Å². The van der Waals surface area contributed by atoms with E-state index in [2.05, 4.69) is 13.5 Å². The lowest BCUT2D eigenvalue weighted by Gasteiger charge is -1.91. The zero-order chi connectivity index (χ0) is 9.94. The SMILES string of the molecule is C=C/C=C\C=C/C.CC1CCCC1. The van der Waals surface area contributed by atoms with E-state index in [1.807, 2.05) is 31.2 Å². The van der Waals surface area contributed by atoms with E-state index in [0.29, 0.717) is 0 Å². The maximum Gasteiger partial charge on any atom is -0.0443 e. The predicted octanol–water partition coefficient (Wildman–Crippen LogP) is 4.50.